The van der Waals surface area contributed by atoms with Crippen LogP contribution in [0.15, 0.2) is 15.7 Å². The van der Waals surface area contributed by atoms with Gasteiger partial charge in [0.1, 0.15) is 0 Å². The molecule has 2 unspecified atom stereocenters. The average molecular weight is 296 g/mol. The molecule has 1 aliphatic rings. The number of carbonyl (C=O) groups is 1. The first-order chi connectivity index (χ1) is 9.85. The van der Waals surface area contributed by atoms with Crippen molar-refractivity contribution in [3.05, 3.63) is 32.6 Å². The third kappa shape index (κ3) is 4.02. The highest BCUT2D eigenvalue weighted by atomic mass is 16.3. The average Bonchev–Trinajstić information content (AvgIpc) is 2.67. The Morgan fingerprint density at radius 1 is 1.43 bits per heavy atom. The molecule has 116 valence electrons. The lowest BCUT2D eigenvalue weighted by molar-refractivity contribution is -0.131. The van der Waals surface area contributed by atoms with Crippen molar-refractivity contribution in [2.24, 2.45) is 0 Å². The number of aromatic nitrogens is 2. The van der Waals surface area contributed by atoms with Gasteiger partial charge in [-0.2, -0.15) is 0 Å². The van der Waals surface area contributed by atoms with Crippen LogP contribution in [0, 0.1) is 0 Å². The minimum absolute atomic E-state index is 0.0591. The monoisotopic (exact) mass is 296 g/mol. The number of nitrogens with zero attached hydrogens (tertiary/aromatic N) is 2. The van der Waals surface area contributed by atoms with Gasteiger partial charge in [0, 0.05) is 30.9 Å². The first-order valence-electron chi connectivity index (χ1n) is 6.80. The van der Waals surface area contributed by atoms with Crippen LogP contribution in [0.1, 0.15) is 12.1 Å². The first-order valence-corrected chi connectivity index (χ1v) is 6.80. The molecule has 8 heteroatoms. The molecule has 8 nitrogen and oxygen atoms in total. The van der Waals surface area contributed by atoms with Gasteiger partial charge in [-0.15, -0.1) is 0 Å². The second-order valence-corrected chi connectivity index (χ2v) is 5.64. The molecule has 1 aromatic rings. The fourth-order valence-corrected chi connectivity index (χ4v) is 2.67. The van der Waals surface area contributed by atoms with E-state index in [0.29, 0.717) is 13.0 Å². The fourth-order valence-electron chi connectivity index (χ4n) is 2.67. The van der Waals surface area contributed by atoms with E-state index in [-0.39, 0.29) is 30.6 Å². The zero-order valence-electron chi connectivity index (χ0n) is 12.1. The summed E-state index contributed by atoms with van der Waals surface area (Å²) in [6, 6.07) is 1.14. The van der Waals surface area contributed by atoms with Gasteiger partial charge >= 0.3 is 5.69 Å². The molecule has 2 rings (SSSR count). The molecule has 0 aliphatic carbocycles. The van der Waals surface area contributed by atoms with E-state index >= 15 is 0 Å². The summed E-state index contributed by atoms with van der Waals surface area (Å²) in [6.07, 6.45) is -0.0526. The van der Waals surface area contributed by atoms with Crippen LogP contribution in [0.3, 0.4) is 0 Å². The number of hydrogen-bond acceptors (Lipinski definition) is 5. The van der Waals surface area contributed by atoms with Gasteiger partial charge in [-0.25, -0.2) is 4.79 Å². The lowest BCUT2D eigenvalue weighted by Gasteiger charge is -2.26. The third-order valence-corrected chi connectivity index (χ3v) is 3.45. The Morgan fingerprint density at radius 2 is 2.14 bits per heavy atom. The molecule has 2 heterocycles. The van der Waals surface area contributed by atoms with Gasteiger partial charge < -0.3 is 19.9 Å². The van der Waals surface area contributed by atoms with Gasteiger partial charge in [0.15, 0.2) is 0 Å². The van der Waals surface area contributed by atoms with Gasteiger partial charge in [0.2, 0.25) is 5.91 Å². The molecule has 1 aliphatic heterocycles. The van der Waals surface area contributed by atoms with Crippen LogP contribution in [0.25, 0.3) is 0 Å². The number of hydrogen-bond donors (Lipinski definition) is 3. The van der Waals surface area contributed by atoms with E-state index in [1.54, 1.807) is 4.90 Å². The number of carbonyl (C=O) groups excluding carboxylic acids is 1. The van der Waals surface area contributed by atoms with Crippen LogP contribution < -0.4 is 11.2 Å². The number of H-pyrrole nitrogens is 2. The second kappa shape index (κ2) is 6.23. The predicted molar refractivity (Wildman–Crippen MR) is 76.1 cm³/mol. The number of aromatic amines is 2. The molecule has 0 radical (unpaired) electrons. The summed E-state index contributed by atoms with van der Waals surface area (Å²) >= 11 is 0. The molecule has 21 heavy (non-hydrogen) atoms. The van der Waals surface area contributed by atoms with E-state index < -0.39 is 17.4 Å². The van der Waals surface area contributed by atoms with Crippen molar-refractivity contribution in [2.45, 2.75) is 25.0 Å². The number of aliphatic hydroxyl groups excluding tert-OH is 1. The van der Waals surface area contributed by atoms with Crippen LogP contribution in [0.5, 0.6) is 0 Å². The number of β-amino-alcohol motifs (C(OH)–C–C–N with tert-alkyl or cyclic N) is 1. The summed E-state index contributed by atoms with van der Waals surface area (Å²) < 4.78 is 0. The van der Waals surface area contributed by atoms with Gasteiger partial charge in [0.05, 0.1) is 12.5 Å². The summed E-state index contributed by atoms with van der Waals surface area (Å²) in [7, 11) is 3.81. The summed E-state index contributed by atoms with van der Waals surface area (Å²) in [5, 5.41) is 9.76. The second-order valence-electron chi connectivity index (χ2n) is 5.64. The maximum Gasteiger partial charge on any atom is 0.325 e. The quantitative estimate of drug-likeness (QED) is 0.603. The van der Waals surface area contributed by atoms with Gasteiger partial charge in [-0.1, -0.05) is 0 Å². The Hall–Kier alpha value is -1.93. The van der Waals surface area contributed by atoms with E-state index in [2.05, 4.69) is 9.97 Å². The molecule has 0 bridgehead atoms. The minimum Gasteiger partial charge on any atom is -0.391 e. The molecule has 0 spiro atoms. The Morgan fingerprint density at radius 3 is 2.76 bits per heavy atom. The van der Waals surface area contributed by atoms with Crippen LogP contribution in [0.4, 0.5) is 0 Å². The highest BCUT2D eigenvalue weighted by Crippen LogP contribution is 2.19. The highest BCUT2D eigenvalue weighted by molar-refractivity contribution is 5.79. The molecule has 2 atom stereocenters. The molecule has 0 saturated carbocycles. The summed E-state index contributed by atoms with van der Waals surface area (Å²) in [6.45, 7) is 0.944. The lowest BCUT2D eigenvalue weighted by atomic mass is 10.2. The normalized spacial score (nSPS) is 22.0. The number of nitrogens with one attached hydrogen (secondary N) is 2. The molecule has 3 N–H and O–H groups in total. The van der Waals surface area contributed by atoms with Crippen LogP contribution in [-0.4, -0.2) is 70.1 Å². The first kappa shape index (κ1) is 15.5. The van der Waals surface area contributed by atoms with E-state index in [1.165, 1.54) is 6.07 Å². The lowest BCUT2D eigenvalue weighted by Crippen LogP contribution is -2.42. The number of likely N-dealkylation sites (tertiary alicyclic amines) is 1. The molecular formula is C13H20N4O4. The van der Waals surface area contributed by atoms with Crippen molar-refractivity contribution in [2.75, 3.05) is 27.2 Å². The molecule has 1 amide bonds. The van der Waals surface area contributed by atoms with Crippen molar-refractivity contribution in [1.29, 1.82) is 0 Å². The summed E-state index contributed by atoms with van der Waals surface area (Å²) in [5.74, 6) is -0.209. The number of amides is 1. The van der Waals surface area contributed by atoms with Crippen molar-refractivity contribution in [3.8, 4) is 0 Å². The molecular weight excluding hydrogens is 276 g/mol. The number of aliphatic hydroxyl groups is 1. The number of rotatable bonds is 4. The third-order valence-electron chi connectivity index (χ3n) is 3.45. The molecule has 1 saturated heterocycles. The number of likely N-dealkylation sites (N-methyl/N-ethyl adjacent to an activating group) is 1. The predicted octanol–water partition coefficient (Wildman–Crippen LogP) is -1.87. The summed E-state index contributed by atoms with van der Waals surface area (Å²) in [4.78, 5) is 42.8. The van der Waals surface area contributed by atoms with Crippen LogP contribution >= 0.6 is 0 Å². The van der Waals surface area contributed by atoms with E-state index in [4.69, 9.17) is 0 Å². The van der Waals surface area contributed by atoms with E-state index in [1.807, 2.05) is 19.0 Å². The zero-order valence-corrected chi connectivity index (χ0v) is 12.1. The van der Waals surface area contributed by atoms with Gasteiger partial charge in [0.25, 0.3) is 5.56 Å². The van der Waals surface area contributed by atoms with Gasteiger partial charge in [-0.05, 0) is 20.5 Å². The topological polar surface area (TPSA) is 110 Å². The van der Waals surface area contributed by atoms with E-state index in [9.17, 15) is 19.5 Å². The minimum atomic E-state index is -0.628. The standard InChI is InChI=1S/C13H20N4O4/c1-16(2)6-9-5-10(18)7-17(9)12(20)4-8-3-11(19)15-13(21)14-8/h3,9-10,18H,4-7H2,1-2H3,(H2,14,15,19,21). The highest BCUT2D eigenvalue weighted by Gasteiger charge is 2.34. The zero-order chi connectivity index (χ0) is 15.6. The van der Waals surface area contributed by atoms with Crippen molar-refractivity contribution in [3.63, 3.8) is 0 Å². The Labute approximate surface area is 121 Å². The van der Waals surface area contributed by atoms with E-state index in [0.717, 1.165) is 0 Å². The molecule has 1 aromatic heterocycles. The van der Waals surface area contributed by atoms with Gasteiger partial charge in [-0.3, -0.25) is 14.6 Å². The van der Waals surface area contributed by atoms with Crippen molar-refractivity contribution >= 4 is 5.91 Å². The Kier molecular flexibility index (Phi) is 4.59. The summed E-state index contributed by atoms with van der Waals surface area (Å²) in [5.41, 5.74) is -0.886. The molecule has 0 aromatic carbocycles. The smallest absolute Gasteiger partial charge is 0.325 e. The Bertz CT molecular complexity index is 593. The SMILES string of the molecule is CN(C)CC1CC(O)CN1C(=O)Cc1cc(=O)[nH]c(=O)[nH]1. The maximum atomic E-state index is 12.3. The Balaban J connectivity index is 2.11. The maximum absolute atomic E-state index is 12.3. The largest absolute Gasteiger partial charge is 0.391 e. The fraction of sp³-hybridized carbons (Fsp3) is 0.615. The van der Waals surface area contributed by atoms with Crippen LogP contribution in [0.2, 0.25) is 0 Å². The molecule has 1 fully saturated rings. The van der Waals surface area contributed by atoms with Crippen LogP contribution in [-0.2, 0) is 11.2 Å². The van der Waals surface area contributed by atoms with Crippen molar-refractivity contribution in [1.82, 2.24) is 19.8 Å². The van der Waals surface area contributed by atoms with Crippen molar-refractivity contribution < 1.29 is 9.90 Å².